The molecule has 1 aliphatic carbocycles. The summed E-state index contributed by atoms with van der Waals surface area (Å²) in [5.41, 5.74) is 0. The van der Waals surface area contributed by atoms with Gasteiger partial charge in [0, 0.05) is 0 Å². The maximum absolute atomic E-state index is 5.51. The molecule has 1 saturated carbocycles. The second-order valence-electron chi connectivity index (χ2n) is 2.55. The van der Waals surface area contributed by atoms with Crippen LogP contribution in [0.4, 0.5) is 0 Å². The van der Waals surface area contributed by atoms with E-state index >= 15 is 0 Å². The average Bonchev–Trinajstić information content (AvgIpc) is 2.50. The normalized spacial score (nSPS) is 23.2. The minimum Gasteiger partial charge on any atom is -0.375 e. The van der Waals surface area contributed by atoms with Crippen LogP contribution in [0.2, 0.25) is 0 Å². The zero-order valence-electron chi connectivity index (χ0n) is 5.68. The predicted molar refractivity (Wildman–Crippen MR) is 33.9 cm³/mol. The summed E-state index contributed by atoms with van der Waals surface area (Å²) >= 11 is 0. The van der Waals surface area contributed by atoms with Gasteiger partial charge in [0.25, 0.3) is 0 Å². The lowest BCUT2D eigenvalue weighted by molar-refractivity contribution is 0.0502. The van der Waals surface area contributed by atoms with Gasteiger partial charge in [0.2, 0.25) is 0 Å². The van der Waals surface area contributed by atoms with E-state index in [9.17, 15) is 0 Å². The van der Waals surface area contributed by atoms with Gasteiger partial charge < -0.3 is 4.74 Å². The zero-order valence-corrected chi connectivity index (χ0v) is 5.68. The Morgan fingerprint density at radius 3 is 2.62 bits per heavy atom. The van der Waals surface area contributed by atoms with Crippen molar-refractivity contribution in [3.63, 3.8) is 0 Å². The van der Waals surface area contributed by atoms with Gasteiger partial charge in [0.05, 0.1) is 12.2 Å². The summed E-state index contributed by atoms with van der Waals surface area (Å²) in [6, 6.07) is 0. The van der Waals surface area contributed by atoms with Gasteiger partial charge in [-0.2, -0.15) is 0 Å². The second-order valence-corrected chi connectivity index (χ2v) is 2.55. The van der Waals surface area contributed by atoms with Crippen molar-refractivity contribution in [3.8, 4) is 0 Å². The smallest absolute Gasteiger partial charge is 0.0580 e. The Kier molecular flexibility index (Phi) is 1.90. The summed E-state index contributed by atoms with van der Waals surface area (Å²) in [7, 11) is 0. The van der Waals surface area contributed by atoms with E-state index in [0.29, 0.717) is 12.2 Å². The first-order valence-corrected chi connectivity index (χ1v) is 3.48. The Morgan fingerprint density at radius 1 is 1.62 bits per heavy atom. The molecule has 1 atom stereocenters. The third kappa shape index (κ3) is 1.83. The lowest BCUT2D eigenvalue weighted by atomic mass is 10.3. The zero-order chi connectivity index (χ0) is 5.98. The molecule has 0 bridgehead atoms. The van der Waals surface area contributed by atoms with E-state index in [4.69, 9.17) is 4.74 Å². The van der Waals surface area contributed by atoms with Crippen molar-refractivity contribution < 1.29 is 4.74 Å². The highest BCUT2D eigenvalue weighted by molar-refractivity contribution is 4.74. The van der Waals surface area contributed by atoms with Gasteiger partial charge in [0.15, 0.2) is 0 Å². The fraction of sp³-hybridized carbons (Fsp3) is 1.00. The minimum atomic E-state index is 0.488. The lowest BCUT2D eigenvalue weighted by Gasteiger charge is -2.07. The average molecular weight is 114 g/mol. The summed E-state index contributed by atoms with van der Waals surface area (Å²) in [4.78, 5) is 0. The van der Waals surface area contributed by atoms with Crippen LogP contribution in [0.1, 0.15) is 33.1 Å². The third-order valence-corrected chi connectivity index (χ3v) is 1.52. The highest BCUT2D eigenvalue weighted by atomic mass is 16.5. The molecule has 0 radical (unpaired) electrons. The molecular weight excluding hydrogens is 100 g/mol. The molecule has 0 saturated heterocycles. The number of hydrogen-bond donors (Lipinski definition) is 0. The van der Waals surface area contributed by atoms with Gasteiger partial charge in [-0.1, -0.05) is 6.92 Å². The first-order valence-electron chi connectivity index (χ1n) is 3.48. The highest BCUT2D eigenvalue weighted by Crippen LogP contribution is 2.25. The predicted octanol–water partition coefficient (Wildman–Crippen LogP) is 1.96. The first kappa shape index (κ1) is 6.09. The summed E-state index contributed by atoms with van der Waals surface area (Å²) in [6.45, 7) is 4.30. The van der Waals surface area contributed by atoms with Gasteiger partial charge in [-0.3, -0.25) is 0 Å². The summed E-state index contributed by atoms with van der Waals surface area (Å²) in [6.07, 6.45) is 4.86. The summed E-state index contributed by atoms with van der Waals surface area (Å²) in [5, 5.41) is 0. The molecule has 0 amide bonds. The number of hydrogen-bond acceptors (Lipinski definition) is 1. The van der Waals surface area contributed by atoms with E-state index in [2.05, 4.69) is 13.8 Å². The Labute approximate surface area is 51.0 Å². The quantitative estimate of drug-likeness (QED) is 0.545. The van der Waals surface area contributed by atoms with Crippen LogP contribution in [0.5, 0.6) is 0 Å². The largest absolute Gasteiger partial charge is 0.375 e. The fourth-order valence-corrected chi connectivity index (χ4v) is 0.629. The molecule has 0 aromatic carbocycles. The third-order valence-electron chi connectivity index (χ3n) is 1.52. The molecule has 1 rings (SSSR count). The molecule has 0 aliphatic heterocycles. The first-order chi connectivity index (χ1) is 3.83. The molecule has 0 heterocycles. The van der Waals surface area contributed by atoms with Gasteiger partial charge in [-0.25, -0.2) is 0 Å². The van der Waals surface area contributed by atoms with E-state index in [0.717, 1.165) is 6.42 Å². The van der Waals surface area contributed by atoms with Crippen LogP contribution in [0.25, 0.3) is 0 Å². The van der Waals surface area contributed by atoms with Gasteiger partial charge in [0.1, 0.15) is 0 Å². The molecule has 1 fully saturated rings. The topological polar surface area (TPSA) is 9.23 Å². The molecule has 0 aromatic rings. The molecule has 1 nitrogen and oxygen atoms in total. The van der Waals surface area contributed by atoms with E-state index in [1.807, 2.05) is 0 Å². The minimum absolute atomic E-state index is 0.488. The maximum Gasteiger partial charge on any atom is 0.0580 e. The molecule has 1 heteroatoms. The van der Waals surface area contributed by atoms with Crippen molar-refractivity contribution in [2.24, 2.45) is 0 Å². The summed E-state index contributed by atoms with van der Waals surface area (Å²) < 4.78 is 5.51. The lowest BCUT2D eigenvalue weighted by Crippen LogP contribution is -2.07. The van der Waals surface area contributed by atoms with Gasteiger partial charge in [-0.05, 0) is 26.2 Å². The van der Waals surface area contributed by atoms with Crippen LogP contribution >= 0.6 is 0 Å². The fourth-order valence-electron chi connectivity index (χ4n) is 0.629. The van der Waals surface area contributed by atoms with E-state index in [1.165, 1.54) is 12.8 Å². The Balaban J connectivity index is 1.98. The van der Waals surface area contributed by atoms with Gasteiger partial charge >= 0.3 is 0 Å². The van der Waals surface area contributed by atoms with Crippen LogP contribution in [0.3, 0.4) is 0 Å². The van der Waals surface area contributed by atoms with Crippen LogP contribution in [0.15, 0.2) is 0 Å². The van der Waals surface area contributed by atoms with Crippen LogP contribution in [0, 0.1) is 0 Å². The molecule has 48 valence electrons. The van der Waals surface area contributed by atoms with Crippen molar-refractivity contribution in [2.75, 3.05) is 0 Å². The standard InChI is InChI=1S/C7H14O/c1-3-6(2)8-7-4-5-7/h6-7H,3-5H2,1-2H3. The number of rotatable bonds is 3. The molecule has 8 heavy (non-hydrogen) atoms. The van der Waals surface area contributed by atoms with Gasteiger partial charge in [-0.15, -0.1) is 0 Å². The molecule has 0 spiro atoms. The van der Waals surface area contributed by atoms with Crippen molar-refractivity contribution in [2.45, 2.75) is 45.3 Å². The van der Waals surface area contributed by atoms with Crippen molar-refractivity contribution in [1.29, 1.82) is 0 Å². The van der Waals surface area contributed by atoms with Crippen LogP contribution in [-0.2, 0) is 4.74 Å². The Bertz CT molecular complexity index is 66.8. The maximum atomic E-state index is 5.51. The van der Waals surface area contributed by atoms with Crippen molar-refractivity contribution in [1.82, 2.24) is 0 Å². The monoisotopic (exact) mass is 114 g/mol. The molecule has 0 N–H and O–H groups in total. The molecule has 1 aliphatic rings. The van der Waals surface area contributed by atoms with Crippen molar-refractivity contribution in [3.05, 3.63) is 0 Å². The Morgan fingerprint density at radius 2 is 2.25 bits per heavy atom. The highest BCUT2D eigenvalue weighted by Gasteiger charge is 2.23. The van der Waals surface area contributed by atoms with E-state index in [-0.39, 0.29) is 0 Å². The molecule has 1 unspecified atom stereocenters. The number of ether oxygens (including phenoxy) is 1. The SMILES string of the molecule is CCC(C)OC1CC1. The molecule has 0 aromatic heterocycles. The Hall–Kier alpha value is -0.0400. The van der Waals surface area contributed by atoms with E-state index in [1.54, 1.807) is 0 Å². The summed E-state index contributed by atoms with van der Waals surface area (Å²) in [5.74, 6) is 0. The van der Waals surface area contributed by atoms with Crippen LogP contribution in [-0.4, -0.2) is 12.2 Å². The molecular formula is C7H14O. The van der Waals surface area contributed by atoms with Crippen molar-refractivity contribution >= 4 is 0 Å². The van der Waals surface area contributed by atoms with E-state index < -0.39 is 0 Å². The second kappa shape index (κ2) is 2.49. The van der Waals surface area contributed by atoms with Crippen LogP contribution < -0.4 is 0 Å².